The van der Waals surface area contributed by atoms with Gasteiger partial charge in [-0.25, -0.2) is 8.78 Å². The van der Waals surface area contributed by atoms with Gasteiger partial charge >= 0.3 is 0 Å². The lowest BCUT2D eigenvalue weighted by Gasteiger charge is -2.18. The fraction of sp³-hybridized carbons (Fsp3) is 0.333. The molecule has 0 bridgehead atoms. The van der Waals surface area contributed by atoms with Gasteiger partial charge in [-0.2, -0.15) is 0 Å². The molecular formula is C15H17F2NS. The summed E-state index contributed by atoms with van der Waals surface area (Å²) in [5, 5.41) is 5.37. The Morgan fingerprint density at radius 3 is 2.68 bits per heavy atom. The van der Waals surface area contributed by atoms with Crippen LogP contribution in [0.5, 0.6) is 0 Å². The van der Waals surface area contributed by atoms with E-state index in [2.05, 4.69) is 5.32 Å². The Kier molecular flexibility index (Phi) is 4.66. The molecule has 1 atom stereocenters. The average molecular weight is 281 g/mol. The minimum absolute atomic E-state index is 0.0290. The van der Waals surface area contributed by atoms with Gasteiger partial charge in [0.05, 0.1) is 0 Å². The van der Waals surface area contributed by atoms with E-state index >= 15 is 0 Å². The second-order valence-electron chi connectivity index (χ2n) is 4.52. The smallest absolute Gasteiger partial charge is 0.126 e. The van der Waals surface area contributed by atoms with Gasteiger partial charge in [-0.15, -0.1) is 11.3 Å². The van der Waals surface area contributed by atoms with Crippen molar-refractivity contribution in [3.05, 3.63) is 57.3 Å². The van der Waals surface area contributed by atoms with Gasteiger partial charge < -0.3 is 5.32 Å². The van der Waals surface area contributed by atoms with Gasteiger partial charge in [0.1, 0.15) is 11.6 Å². The first-order valence-electron chi connectivity index (χ1n) is 6.33. The van der Waals surface area contributed by atoms with Gasteiger partial charge in [-0.05, 0) is 60.7 Å². The molecule has 1 aromatic carbocycles. The molecule has 0 saturated heterocycles. The first-order chi connectivity index (χ1) is 9.11. The first kappa shape index (κ1) is 14.2. The zero-order chi connectivity index (χ0) is 13.8. The van der Waals surface area contributed by atoms with Crippen LogP contribution in [-0.4, -0.2) is 6.54 Å². The van der Waals surface area contributed by atoms with Crippen molar-refractivity contribution in [3.63, 3.8) is 0 Å². The second-order valence-corrected chi connectivity index (χ2v) is 5.47. The van der Waals surface area contributed by atoms with Crippen molar-refractivity contribution in [2.75, 3.05) is 6.54 Å². The Hall–Kier alpha value is -1.26. The van der Waals surface area contributed by atoms with Crippen LogP contribution in [0.3, 0.4) is 0 Å². The molecule has 0 aliphatic carbocycles. The maximum atomic E-state index is 13.7. The van der Waals surface area contributed by atoms with Crippen molar-refractivity contribution < 1.29 is 8.78 Å². The third kappa shape index (κ3) is 3.39. The maximum absolute atomic E-state index is 13.7. The first-order valence-corrected chi connectivity index (χ1v) is 7.21. The highest BCUT2D eigenvalue weighted by Crippen LogP contribution is 2.27. The van der Waals surface area contributed by atoms with Crippen LogP contribution in [0.15, 0.2) is 29.6 Å². The van der Waals surface area contributed by atoms with Crippen LogP contribution in [0.1, 0.15) is 29.0 Å². The van der Waals surface area contributed by atoms with Gasteiger partial charge in [-0.1, -0.05) is 6.92 Å². The van der Waals surface area contributed by atoms with E-state index in [9.17, 15) is 8.78 Å². The van der Waals surface area contributed by atoms with Crippen molar-refractivity contribution in [3.8, 4) is 0 Å². The summed E-state index contributed by atoms with van der Waals surface area (Å²) in [7, 11) is 0. The standard InChI is InChI=1S/C15H17F2NS/c1-3-18-14(15-10(2)6-7-19-15)9-11-8-12(16)4-5-13(11)17/h4-8,14,18H,3,9H2,1-2H3. The number of hydrogen-bond donors (Lipinski definition) is 1. The molecule has 1 N–H and O–H groups in total. The monoisotopic (exact) mass is 281 g/mol. The minimum atomic E-state index is -0.394. The number of nitrogens with one attached hydrogen (secondary N) is 1. The van der Waals surface area contributed by atoms with E-state index in [0.29, 0.717) is 12.0 Å². The van der Waals surface area contributed by atoms with Gasteiger partial charge in [0.15, 0.2) is 0 Å². The van der Waals surface area contributed by atoms with Gasteiger partial charge in [0, 0.05) is 10.9 Å². The van der Waals surface area contributed by atoms with E-state index in [-0.39, 0.29) is 11.9 Å². The third-order valence-corrected chi connectivity index (χ3v) is 4.23. The lowest BCUT2D eigenvalue weighted by Crippen LogP contribution is -2.23. The molecule has 1 aromatic heterocycles. The molecule has 1 nitrogen and oxygen atoms in total. The van der Waals surface area contributed by atoms with Crippen molar-refractivity contribution in [1.29, 1.82) is 0 Å². The van der Waals surface area contributed by atoms with E-state index in [1.807, 2.05) is 25.3 Å². The van der Waals surface area contributed by atoms with E-state index in [4.69, 9.17) is 0 Å². The highest BCUT2D eigenvalue weighted by atomic mass is 32.1. The van der Waals surface area contributed by atoms with Crippen molar-refractivity contribution in [2.24, 2.45) is 0 Å². The summed E-state index contributed by atoms with van der Waals surface area (Å²) in [5.74, 6) is -0.743. The Balaban J connectivity index is 2.26. The maximum Gasteiger partial charge on any atom is 0.126 e. The lowest BCUT2D eigenvalue weighted by atomic mass is 10.0. The molecule has 0 saturated carbocycles. The van der Waals surface area contributed by atoms with Crippen LogP contribution in [-0.2, 0) is 6.42 Å². The SMILES string of the molecule is CCNC(Cc1cc(F)ccc1F)c1sccc1C. The lowest BCUT2D eigenvalue weighted by molar-refractivity contribution is 0.526. The molecule has 0 fully saturated rings. The summed E-state index contributed by atoms with van der Waals surface area (Å²) < 4.78 is 26.9. The number of benzene rings is 1. The predicted molar refractivity (Wildman–Crippen MR) is 75.5 cm³/mol. The summed E-state index contributed by atoms with van der Waals surface area (Å²) in [4.78, 5) is 1.19. The summed E-state index contributed by atoms with van der Waals surface area (Å²) in [5.41, 5.74) is 1.60. The van der Waals surface area contributed by atoms with Crippen LogP contribution in [0.4, 0.5) is 8.78 Å². The van der Waals surface area contributed by atoms with Crippen molar-refractivity contribution in [2.45, 2.75) is 26.3 Å². The quantitative estimate of drug-likeness (QED) is 0.865. The molecule has 0 aliphatic heterocycles. The summed E-state index contributed by atoms with van der Waals surface area (Å²) in [6, 6.07) is 5.70. The number of aryl methyl sites for hydroxylation is 1. The summed E-state index contributed by atoms with van der Waals surface area (Å²) >= 11 is 1.65. The summed E-state index contributed by atoms with van der Waals surface area (Å²) in [6.45, 7) is 4.84. The molecule has 0 radical (unpaired) electrons. The fourth-order valence-corrected chi connectivity index (χ4v) is 3.17. The van der Waals surface area contributed by atoms with E-state index in [1.54, 1.807) is 11.3 Å². The Labute approximate surface area is 116 Å². The number of halogens is 2. The fourth-order valence-electron chi connectivity index (χ4n) is 2.17. The normalized spacial score (nSPS) is 12.6. The molecule has 4 heteroatoms. The molecule has 1 heterocycles. The van der Waals surface area contributed by atoms with E-state index < -0.39 is 5.82 Å². The number of likely N-dealkylation sites (N-methyl/N-ethyl adjacent to an activating group) is 1. The molecule has 0 spiro atoms. The Bertz CT molecular complexity index is 551. The molecular weight excluding hydrogens is 264 g/mol. The molecule has 1 unspecified atom stereocenters. The van der Waals surface area contributed by atoms with Crippen molar-refractivity contribution in [1.82, 2.24) is 5.32 Å². The Morgan fingerprint density at radius 2 is 2.05 bits per heavy atom. The molecule has 0 amide bonds. The predicted octanol–water partition coefficient (Wildman–Crippen LogP) is 4.23. The van der Waals surface area contributed by atoms with Crippen molar-refractivity contribution >= 4 is 11.3 Å². The second kappa shape index (κ2) is 6.26. The molecule has 0 aliphatic rings. The highest BCUT2D eigenvalue weighted by molar-refractivity contribution is 7.10. The number of hydrogen-bond acceptors (Lipinski definition) is 2. The zero-order valence-electron chi connectivity index (χ0n) is 11.0. The van der Waals surface area contributed by atoms with Crippen LogP contribution in [0.25, 0.3) is 0 Å². The molecule has 2 aromatic rings. The molecule has 2 rings (SSSR count). The van der Waals surface area contributed by atoms with Gasteiger partial charge in [0.25, 0.3) is 0 Å². The highest BCUT2D eigenvalue weighted by Gasteiger charge is 2.17. The largest absolute Gasteiger partial charge is 0.309 e. The van der Waals surface area contributed by atoms with E-state index in [1.165, 1.54) is 22.6 Å². The molecule has 19 heavy (non-hydrogen) atoms. The average Bonchev–Trinajstić information content (AvgIpc) is 2.79. The summed E-state index contributed by atoms with van der Waals surface area (Å²) in [6.07, 6.45) is 0.457. The van der Waals surface area contributed by atoms with E-state index in [0.717, 1.165) is 12.6 Å². The molecule has 102 valence electrons. The van der Waals surface area contributed by atoms with Gasteiger partial charge in [-0.3, -0.25) is 0 Å². The van der Waals surface area contributed by atoms with Crippen LogP contribution in [0.2, 0.25) is 0 Å². The van der Waals surface area contributed by atoms with Gasteiger partial charge in [0.2, 0.25) is 0 Å². The third-order valence-electron chi connectivity index (χ3n) is 3.10. The van der Waals surface area contributed by atoms with Crippen LogP contribution >= 0.6 is 11.3 Å². The zero-order valence-corrected chi connectivity index (χ0v) is 11.9. The topological polar surface area (TPSA) is 12.0 Å². The minimum Gasteiger partial charge on any atom is -0.309 e. The number of thiophene rings is 1. The van der Waals surface area contributed by atoms with Crippen LogP contribution in [0, 0.1) is 18.6 Å². The van der Waals surface area contributed by atoms with Crippen LogP contribution < -0.4 is 5.32 Å². The Morgan fingerprint density at radius 1 is 1.26 bits per heavy atom. The number of rotatable bonds is 5.